The van der Waals surface area contributed by atoms with Gasteiger partial charge in [0.1, 0.15) is 11.4 Å². The summed E-state index contributed by atoms with van der Waals surface area (Å²) < 4.78 is 11.5. The largest absolute Gasteiger partial charge is 0.444 e. The SMILES string of the molecule is CC(C)(C)OC(=O)Nc1cc(N2CCOCC2)c(Br)cn1. The zero-order chi connectivity index (χ0) is 15.5. The molecule has 0 unspecified atom stereocenters. The van der Waals surface area contributed by atoms with Crippen molar-refractivity contribution in [3.63, 3.8) is 0 Å². The number of ether oxygens (including phenoxy) is 2. The van der Waals surface area contributed by atoms with Crippen LogP contribution in [0.15, 0.2) is 16.7 Å². The van der Waals surface area contributed by atoms with E-state index in [0.29, 0.717) is 19.0 Å². The van der Waals surface area contributed by atoms with E-state index in [-0.39, 0.29) is 0 Å². The lowest BCUT2D eigenvalue weighted by Gasteiger charge is -2.29. The van der Waals surface area contributed by atoms with Crippen LogP contribution in [0.4, 0.5) is 16.3 Å². The van der Waals surface area contributed by atoms with E-state index < -0.39 is 11.7 Å². The van der Waals surface area contributed by atoms with Crippen LogP contribution in [0.2, 0.25) is 0 Å². The van der Waals surface area contributed by atoms with Gasteiger partial charge in [-0.1, -0.05) is 0 Å². The molecule has 0 saturated carbocycles. The summed E-state index contributed by atoms with van der Waals surface area (Å²) >= 11 is 3.49. The molecule has 2 heterocycles. The van der Waals surface area contributed by atoms with Gasteiger partial charge in [-0.15, -0.1) is 0 Å². The Bertz CT molecular complexity index is 511. The Hall–Kier alpha value is -1.34. The Morgan fingerprint density at radius 2 is 2.10 bits per heavy atom. The Morgan fingerprint density at radius 3 is 2.71 bits per heavy atom. The van der Waals surface area contributed by atoms with E-state index in [1.807, 2.05) is 26.8 Å². The molecule has 6 nitrogen and oxygen atoms in total. The number of aromatic nitrogens is 1. The minimum absolute atomic E-state index is 0.467. The first-order valence-corrected chi connectivity index (χ1v) is 7.63. The van der Waals surface area contributed by atoms with Crippen molar-refractivity contribution in [2.24, 2.45) is 0 Å². The summed E-state index contributed by atoms with van der Waals surface area (Å²) in [4.78, 5) is 18.2. The lowest BCUT2D eigenvalue weighted by Crippen LogP contribution is -2.36. The summed E-state index contributed by atoms with van der Waals surface area (Å²) in [5.41, 5.74) is 0.450. The second-order valence-corrected chi connectivity index (χ2v) is 6.60. The van der Waals surface area contributed by atoms with Crippen molar-refractivity contribution in [2.45, 2.75) is 26.4 Å². The maximum Gasteiger partial charge on any atom is 0.413 e. The van der Waals surface area contributed by atoms with Crippen LogP contribution < -0.4 is 10.2 Å². The summed E-state index contributed by atoms with van der Waals surface area (Å²) in [6.45, 7) is 8.48. The number of hydrogen-bond acceptors (Lipinski definition) is 5. The third-order valence-electron chi connectivity index (χ3n) is 2.82. The van der Waals surface area contributed by atoms with Crippen molar-refractivity contribution in [1.29, 1.82) is 0 Å². The fourth-order valence-electron chi connectivity index (χ4n) is 1.95. The van der Waals surface area contributed by atoms with Gasteiger partial charge in [0, 0.05) is 25.4 Å². The molecule has 1 aromatic rings. The molecule has 0 radical (unpaired) electrons. The maximum absolute atomic E-state index is 11.8. The van der Waals surface area contributed by atoms with Gasteiger partial charge < -0.3 is 14.4 Å². The number of anilines is 2. The molecule has 1 saturated heterocycles. The molecule has 1 amide bonds. The Labute approximate surface area is 132 Å². The molecule has 1 fully saturated rings. The standard InChI is InChI=1S/C14H20BrN3O3/c1-14(2,3)21-13(19)17-12-8-11(10(15)9-16-12)18-4-6-20-7-5-18/h8-9H,4-7H2,1-3H3,(H,16,17,19). The van der Waals surface area contributed by atoms with Crippen LogP contribution in [0.1, 0.15) is 20.8 Å². The van der Waals surface area contributed by atoms with Crippen molar-refractivity contribution in [1.82, 2.24) is 4.98 Å². The monoisotopic (exact) mass is 357 g/mol. The molecule has 0 aromatic carbocycles. The third-order valence-corrected chi connectivity index (χ3v) is 3.43. The third kappa shape index (κ3) is 4.86. The van der Waals surface area contributed by atoms with Crippen LogP contribution >= 0.6 is 15.9 Å². The van der Waals surface area contributed by atoms with Crippen molar-refractivity contribution in [3.05, 3.63) is 16.7 Å². The molecule has 7 heteroatoms. The van der Waals surface area contributed by atoms with Gasteiger partial charge in [0.2, 0.25) is 0 Å². The van der Waals surface area contributed by atoms with Gasteiger partial charge in [0.05, 0.1) is 23.4 Å². The van der Waals surface area contributed by atoms with Crippen LogP contribution in [-0.4, -0.2) is 43.0 Å². The minimum Gasteiger partial charge on any atom is -0.444 e. The maximum atomic E-state index is 11.8. The molecule has 2 rings (SSSR count). The van der Waals surface area contributed by atoms with Crippen LogP contribution in [0.25, 0.3) is 0 Å². The van der Waals surface area contributed by atoms with E-state index in [1.165, 1.54) is 0 Å². The molecule has 1 aliphatic heterocycles. The first kappa shape index (κ1) is 16.0. The summed E-state index contributed by atoms with van der Waals surface area (Å²) in [7, 11) is 0. The van der Waals surface area contributed by atoms with Gasteiger partial charge in [-0.25, -0.2) is 9.78 Å². The molecule has 1 aliphatic rings. The molecular weight excluding hydrogens is 338 g/mol. The predicted molar refractivity (Wildman–Crippen MR) is 84.8 cm³/mol. The minimum atomic E-state index is -0.535. The smallest absolute Gasteiger partial charge is 0.413 e. The van der Waals surface area contributed by atoms with E-state index >= 15 is 0 Å². The Balaban J connectivity index is 2.09. The number of carbonyl (C=O) groups is 1. The second kappa shape index (κ2) is 6.62. The Kier molecular flexibility index (Phi) is 5.05. The van der Waals surface area contributed by atoms with Crippen LogP contribution in [0.3, 0.4) is 0 Å². The van der Waals surface area contributed by atoms with Crippen molar-refractivity contribution < 1.29 is 14.3 Å². The highest BCUT2D eigenvalue weighted by Gasteiger charge is 2.18. The molecule has 21 heavy (non-hydrogen) atoms. The van der Waals surface area contributed by atoms with Gasteiger partial charge in [0.25, 0.3) is 0 Å². The average Bonchev–Trinajstić information content (AvgIpc) is 2.40. The lowest BCUT2D eigenvalue weighted by molar-refractivity contribution is 0.0635. The van der Waals surface area contributed by atoms with Gasteiger partial charge in [-0.05, 0) is 36.7 Å². The van der Waals surface area contributed by atoms with Gasteiger partial charge in [-0.3, -0.25) is 5.32 Å². The van der Waals surface area contributed by atoms with E-state index in [4.69, 9.17) is 9.47 Å². The molecule has 0 bridgehead atoms. The van der Waals surface area contributed by atoms with Gasteiger partial charge in [0.15, 0.2) is 0 Å². The lowest BCUT2D eigenvalue weighted by atomic mass is 10.2. The molecule has 116 valence electrons. The summed E-state index contributed by atoms with van der Waals surface area (Å²) in [5.74, 6) is 0.467. The normalized spacial score (nSPS) is 15.7. The summed E-state index contributed by atoms with van der Waals surface area (Å²) in [6.07, 6.45) is 1.17. The topological polar surface area (TPSA) is 63.7 Å². The fourth-order valence-corrected chi connectivity index (χ4v) is 2.42. The molecule has 1 N–H and O–H groups in total. The van der Waals surface area contributed by atoms with Crippen molar-refractivity contribution >= 4 is 33.5 Å². The second-order valence-electron chi connectivity index (χ2n) is 5.75. The summed E-state index contributed by atoms with van der Waals surface area (Å²) in [6, 6.07) is 1.83. The van der Waals surface area contributed by atoms with Crippen molar-refractivity contribution in [3.8, 4) is 0 Å². The molecular formula is C14H20BrN3O3. The molecule has 0 aliphatic carbocycles. The van der Waals surface area contributed by atoms with Gasteiger partial charge >= 0.3 is 6.09 Å². The predicted octanol–water partition coefficient (Wildman–Crippen LogP) is 3.03. The number of nitrogens with one attached hydrogen (secondary N) is 1. The first-order chi connectivity index (χ1) is 9.85. The number of hydrogen-bond donors (Lipinski definition) is 1. The van der Waals surface area contributed by atoms with Gasteiger partial charge in [-0.2, -0.15) is 0 Å². The number of morpholine rings is 1. The van der Waals surface area contributed by atoms with Crippen LogP contribution in [-0.2, 0) is 9.47 Å². The zero-order valence-electron chi connectivity index (χ0n) is 12.5. The highest BCUT2D eigenvalue weighted by molar-refractivity contribution is 9.10. The highest BCUT2D eigenvalue weighted by Crippen LogP contribution is 2.28. The fraction of sp³-hybridized carbons (Fsp3) is 0.571. The van der Waals surface area contributed by atoms with Crippen LogP contribution in [0.5, 0.6) is 0 Å². The van der Waals surface area contributed by atoms with E-state index in [2.05, 4.69) is 31.1 Å². The quantitative estimate of drug-likeness (QED) is 0.881. The zero-order valence-corrected chi connectivity index (χ0v) is 14.1. The highest BCUT2D eigenvalue weighted by atomic mass is 79.9. The number of carbonyl (C=O) groups excluding carboxylic acids is 1. The number of nitrogens with zero attached hydrogens (tertiary/aromatic N) is 2. The van der Waals surface area contributed by atoms with E-state index in [1.54, 1.807) is 6.20 Å². The van der Waals surface area contributed by atoms with E-state index in [0.717, 1.165) is 23.2 Å². The molecule has 1 aromatic heterocycles. The Morgan fingerprint density at radius 1 is 1.43 bits per heavy atom. The number of halogens is 1. The first-order valence-electron chi connectivity index (χ1n) is 6.83. The van der Waals surface area contributed by atoms with Crippen molar-refractivity contribution in [2.75, 3.05) is 36.5 Å². The number of rotatable bonds is 2. The van der Waals surface area contributed by atoms with Crippen LogP contribution in [0, 0.1) is 0 Å². The molecule has 0 atom stereocenters. The average molecular weight is 358 g/mol. The van der Waals surface area contributed by atoms with E-state index in [9.17, 15) is 4.79 Å². The summed E-state index contributed by atoms with van der Waals surface area (Å²) in [5, 5.41) is 2.65. The number of pyridine rings is 1. The molecule has 0 spiro atoms. The number of amides is 1.